The van der Waals surface area contributed by atoms with Crippen LogP contribution in [0.25, 0.3) is 0 Å². The summed E-state index contributed by atoms with van der Waals surface area (Å²) >= 11 is 6.01. The molecule has 0 aromatic heterocycles. The molecule has 142 valence electrons. The average molecular weight is 384 g/mol. The second-order valence-corrected chi connectivity index (χ2v) is 7.89. The molecule has 1 fully saturated rings. The van der Waals surface area contributed by atoms with Gasteiger partial charge in [0.2, 0.25) is 5.91 Å². The number of piperazine rings is 1. The third kappa shape index (κ3) is 3.83. The van der Waals surface area contributed by atoms with Crippen LogP contribution in [0.1, 0.15) is 18.1 Å². The second kappa shape index (κ2) is 7.91. The Morgan fingerprint density at radius 1 is 1.15 bits per heavy atom. The molecule has 4 rings (SSSR count). The molecule has 0 bridgehead atoms. The standard InChI is InChI=1S/C22H26ClN3O/c1-2-24-22(27)19-13-17-5-3-4-6-20(17)26-12-11-25(15-21(19)26)14-16-7-9-18(23)10-8-16/h3-10,19,21H,2,11-15H2,1H3,(H,24,27). The maximum Gasteiger partial charge on any atom is 0.225 e. The zero-order valence-corrected chi connectivity index (χ0v) is 16.5. The summed E-state index contributed by atoms with van der Waals surface area (Å²) in [5.41, 5.74) is 3.85. The number of carbonyl (C=O) groups is 1. The Bertz CT molecular complexity index is 807. The van der Waals surface area contributed by atoms with Crippen LogP contribution < -0.4 is 10.2 Å². The number of nitrogens with zero attached hydrogens (tertiary/aromatic N) is 2. The van der Waals surface area contributed by atoms with E-state index < -0.39 is 0 Å². The van der Waals surface area contributed by atoms with Crippen molar-refractivity contribution in [3.05, 3.63) is 64.7 Å². The van der Waals surface area contributed by atoms with E-state index in [1.807, 2.05) is 19.1 Å². The molecule has 2 heterocycles. The number of halogens is 1. The average Bonchev–Trinajstić information content (AvgIpc) is 2.69. The molecule has 0 spiro atoms. The summed E-state index contributed by atoms with van der Waals surface area (Å²) in [6, 6.07) is 16.8. The molecule has 4 nitrogen and oxygen atoms in total. The van der Waals surface area contributed by atoms with Gasteiger partial charge in [-0.15, -0.1) is 0 Å². The van der Waals surface area contributed by atoms with Gasteiger partial charge in [0, 0.05) is 43.4 Å². The second-order valence-electron chi connectivity index (χ2n) is 7.46. The molecular formula is C22H26ClN3O. The van der Waals surface area contributed by atoms with Crippen LogP contribution in [0, 0.1) is 5.92 Å². The molecule has 5 heteroatoms. The van der Waals surface area contributed by atoms with E-state index in [1.165, 1.54) is 16.8 Å². The molecule has 2 aromatic carbocycles. The van der Waals surface area contributed by atoms with Gasteiger partial charge in [0.25, 0.3) is 0 Å². The molecule has 0 aliphatic carbocycles. The van der Waals surface area contributed by atoms with Gasteiger partial charge < -0.3 is 10.2 Å². The maximum absolute atomic E-state index is 12.8. The zero-order chi connectivity index (χ0) is 18.8. The normalized spacial score (nSPS) is 22.1. The summed E-state index contributed by atoms with van der Waals surface area (Å²) in [5, 5.41) is 3.82. The summed E-state index contributed by atoms with van der Waals surface area (Å²) in [5.74, 6) is 0.170. The molecule has 2 unspecified atom stereocenters. The fourth-order valence-corrected chi connectivity index (χ4v) is 4.54. The minimum absolute atomic E-state index is 0.00660. The van der Waals surface area contributed by atoms with Gasteiger partial charge in [-0.1, -0.05) is 41.9 Å². The van der Waals surface area contributed by atoms with Crippen molar-refractivity contribution in [1.82, 2.24) is 10.2 Å². The van der Waals surface area contributed by atoms with Crippen molar-refractivity contribution in [3.8, 4) is 0 Å². The van der Waals surface area contributed by atoms with Crippen LogP contribution in [0.5, 0.6) is 0 Å². The van der Waals surface area contributed by atoms with Crippen molar-refractivity contribution in [2.75, 3.05) is 31.1 Å². The van der Waals surface area contributed by atoms with Gasteiger partial charge in [-0.25, -0.2) is 0 Å². The highest BCUT2D eigenvalue weighted by Gasteiger charge is 2.41. The van der Waals surface area contributed by atoms with E-state index in [1.54, 1.807) is 0 Å². The number of hydrogen-bond donors (Lipinski definition) is 1. The lowest BCUT2D eigenvalue weighted by atomic mass is 9.83. The molecular weight excluding hydrogens is 358 g/mol. The Morgan fingerprint density at radius 2 is 1.93 bits per heavy atom. The summed E-state index contributed by atoms with van der Waals surface area (Å²) in [7, 11) is 0. The van der Waals surface area contributed by atoms with E-state index in [0.717, 1.165) is 37.6 Å². The predicted molar refractivity (Wildman–Crippen MR) is 110 cm³/mol. The summed E-state index contributed by atoms with van der Waals surface area (Å²) in [6.07, 6.45) is 0.817. The smallest absolute Gasteiger partial charge is 0.225 e. The molecule has 2 aromatic rings. The Hall–Kier alpha value is -2.04. The first-order chi connectivity index (χ1) is 13.2. The van der Waals surface area contributed by atoms with E-state index in [-0.39, 0.29) is 17.9 Å². The first kappa shape index (κ1) is 18.3. The Balaban J connectivity index is 1.56. The van der Waals surface area contributed by atoms with Gasteiger partial charge in [-0.05, 0) is 42.7 Å². The van der Waals surface area contributed by atoms with Crippen molar-refractivity contribution in [1.29, 1.82) is 0 Å². The largest absolute Gasteiger partial charge is 0.365 e. The monoisotopic (exact) mass is 383 g/mol. The number of rotatable bonds is 4. The van der Waals surface area contributed by atoms with E-state index >= 15 is 0 Å². The number of para-hydroxylation sites is 1. The molecule has 0 radical (unpaired) electrons. The van der Waals surface area contributed by atoms with Crippen LogP contribution in [0.2, 0.25) is 5.02 Å². The quantitative estimate of drug-likeness (QED) is 0.879. The molecule has 2 atom stereocenters. The van der Waals surface area contributed by atoms with Crippen LogP contribution in [0.4, 0.5) is 5.69 Å². The van der Waals surface area contributed by atoms with Crippen LogP contribution in [-0.2, 0) is 17.8 Å². The number of nitrogens with one attached hydrogen (secondary N) is 1. The molecule has 2 aliphatic rings. The molecule has 2 aliphatic heterocycles. The van der Waals surface area contributed by atoms with E-state index in [0.29, 0.717) is 6.54 Å². The Labute approximate surface area is 166 Å². The van der Waals surface area contributed by atoms with Crippen molar-refractivity contribution >= 4 is 23.2 Å². The first-order valence-corrected chi connectivity index (χ1v) is 10.1. The maximum atomic E-state index is 12.8. The van der Waals surface area contributed by atoms with Crippen molar-refractivity contribution in [2.24, 2.45) is 5.92 Å². The molecule has 1 saturated heterocycles. The number of carbonyl (C=O) groups excluding carboxylic acids is 1. The fraction of sp³-hybridized carbons (Fsp3) is 0.409. The molecule has 0 saturated carbocycles. The van der Waals surface area contributed by atoms with E-state index in [2.05, 4.69) is 51.5 Å². The number of benzene rings is 2. The highest BCUT2D eigenvalue weighted by molar-refractivity contribution is 6.30. The van der Waals surface area contributed by atoms with Gasteiger partial charge in [0.05, 0.1) is 12.0 Å². The molecule has 27 heavy (non-hydrogen) atoms. The van der Waals surface area contributed by atoms with Crippen LogP contribution in [0.3, 0.4) is 0 Å². The van der Waals surface area contributed by atoms with Crippen molar-refractivity contribution in [2.45, 2.75) is 25.9 Å². The highest BCUT2D eigenvalue weighted by atomic mass is 35.5. The Kier molecular flexibility index (Phi) is 5.37. The number of amides is 1. The zero-order valence-electron chi connectivity index (χ0n) is 15.7. The third-order valence-corrected chi connectivity index (χ3v) is 5.97. The number of hydrogen-bond acceptors (Lipinski definition) is 3. The van der Waals surface area contributed by atoms with Gasteiger partial charge in [-0.2, -0.15) is 0 Å². The SMILES string of the molecule is CCNC(=O)C1Cc2ccccc2N2CCN(Cc3ccc(Cl)cc3)CC12. The summed E-state index contributed by atoms with van der Waals surface area (Å²) in [6.45, 7) is 6.41. The Morgan fingerprint density at radius 3 is 2.70 bits per heavy atom. The van der Waals surface area contributed by atoms with Gasteiger partial charge in [0.15, 0.2) is 0 Å². The summed E-state index contributed by atoms with van der Waals surface area (Å²) in [4.78, 5) is 17.7. The van der Waals surface area contributed by atoms with Crippen LogP contribution >= 0.6 is 11.6 Å². The van der Waals surface area contributed by atoms with E-state index in [9.17, 15) is 4.79 Å². The number of anilines is 1. The summed E-state index contributed by atoms with van der Waals surface area (Å²) < 4.78 is 0. The molecule has 1 amide bonds. The van der Waals surface area contributed by atoms with Gasteiger partial charge in [-0.3, -0.25) is 9.69 Å². The van der Waals surface area contributed by atoms with Crippen LogP contribution in [-0.4, -0.2) is 43.0 Å². The lowest BCUT2D eigenvalue weighted by Crippen LogP contribution is -2.60. The first-order valence-electron chi connectivity index (χ1n) is 9.74. The van der Waals surface area contributed by atoms with Gasteiger partial charge >= 0.3 is 0 Å². The minimum atomic E-state index is -0.00660. The van der Waals surface area contributed by atoms with Crippen molar-refractivity contribution in [3.63, 3.8) is 0 Å². The lowest BCUT2D eigenvalue weighted by Gasteiger charge is -2.49. The van der Waals surface area contributed by atoms with Crippen molar-refractivity contribution < 1.29 is 4.79 Å². The third-order valence-electron chi connectivity index (χ3n) is 5.72. The minimum Gasteiger partial charge on any atom is -0.365 e. The van der Waals surface area contributed by atoms with Gasteiger partial charge in [0.1, 0.15) is 0 Å². The van der Waals surface area contributed by atoms with E-state index in [4.69, 9.17) is 11.6 Å². The predicted octanol–water partition coefficient (Wildman–Crippen LogP) is 3.34. The number of fused-ring (bicyclic) bond motifs is 3. The lowest BCUT2D eigenvalue weighted by molar-refractivity contribution is -0.126. The highest BCUT2D eigenvalue weighted by Crippen LogP contribution is 2.36. The van der Waals surface area contributed by atoms with Crippen LogP contribution in [0.15, 0.2) is 48.5 Å². The molecule has 1 N–H and O–H groups in total. The fourth-order valence-electron chi connectivity index (χ4n) is 4.41. The topological polar surface area (TPSA) is 35.6 Å².